The number of nitrogens with zero attached hydrogens (tertiary/aromatic N) is 1. The quantitative estimate of drug-likeness (QED) is 0.378. The van der Waals surface area contributed by atoms with Gasteiger partial charge in [0.2, 0.25) is 0 Å². The van der Waals surface area contributed by atoms with Gasteiger partial charge >= 0.3 is 0 Å². The van der Waals surface area contributed by atoms with Crippen molar-refractivity contribution in [1.29, 1.82) is 0 Å². The first-order valence-corrected chi connectivity index (χ1v) is 13.3. The summed E-state index contributed by atoms with van der Waals surface area (Å²) in [7, 11) is 0. The van der Waals surface area contributed by atoms with Gasteiger partial charge in [0.15, 0.2) is 0 Å². The van der Waals surface area contributed by atoms with Crippen LogP contribution in [0.5, 0.6) is 0 Å². The van der Waals surface area contributed by atoms with E-state index in [-0.39, 0.29) is 0 Å². The smallest absolute Gasteiger partial charge is 0.00952 e. The summed E-state index contributed by atoms with van der Waals surface area (Å²) in [6, 6.07) is 0.924. The number of hydrogen-bond donors (Lipinski definition) is 0. The Kier molecular flexibility index (Phi) is 11.1. The van der Waals surface area contributed by atoms with E-state index in [1.165, 1.54) is 135 Å². The summed E-state index contributed by atoms with van der Waals surface area (Å²) in [4.78, 5) is 2.92. The largest absolute Gasteiger partial charge is 0.300 e. The van der Waals surface area contributed by atoms with Crippen LogP contribution >= 0.6 is 0 Å². The lowest BCUT2D eigenvalue weighted by Crippen LogP contribution is -2.40. The van der Waals surface area contributed by atoms with Crippen LogP contribution < -0.4 is 0 Å². The summed E-state index contributed by atoms with van der Waals surface area (Å²) in [5.41, 5.74) is 0. The van der Waals surface area contributed by atoms with Gasteiger partial charge in [-0.3, -0.25) is 0 Å². The summed E-state index contributed by atoms with van der Waals surface area (Å²) < 4.78 is 0. The van der Waals surface area contributed by atoms with Gasteiger partial charge in [0.1, 0.15) is 0 Å². The number of piperidine rings is 1. The molecule has 0 aromatic rings. The predicted molar refractivity (Wildman–Crippen MR) is 124 cm³/mol. The maximum absolute atomic E-state index is 2.92. The molecule has 1 aliphatic carbocycles. The van der Waals surface area contributed by atoms with Crippen molar-refractivity contribution in [2.45, 2.75) is 134 Å². The molecule has 2 fully saturated rings. The van der Waals surface area contributed by atoms with Gasteiger partial charge in [0, 0.05) is 6.04 Å². The number of fused-ring (bicyclic) bond motifs is 3. The number of hydrogen-bond acceptors (Lipinski definition) is 1. The van der Waals surface area contributed by atoms with Gasteiger partial charge in [0.05, 0.1) is 0 Å². The van der Waals surface area contributed by atoms with Crippen LogP contribution in [0.2, 0.25) is 0 Å². The van der Waals surface area contributed by atoms with Gasteiger partial charge in [0.25, 0.3) is 0 Å². The first kappa shape index (κ1) is 22.4. The highest BCUT2D eigenvalue weighted by molar-refractivity contribution is 4.82. The van der Waals surface area contributed by atoms with E-state index in [4.69, 9.17) is 0 Å². The Balaban J connectivity index is 1.47. The lowest BCUT2D eigenvalue weighted by atomic mass is 9.77. The summed E-state index contributed by atoms with van der Waals surface area (Å²) in [6.45, 7) is 2.81. The van der Waals surface area contributed by atoms with Crippen molar-refractivity contribution in [1.82, 2.24) is 4.90 Å². The molecular weight excluding hydrogens is 338 g/mol. The van der Waals surface area contributed by atoms with Gasteiger partial charge in [-0.25, -0.2) is 0 Å². The second kappa shape index (κ2) is 13.8. The summed E-state index contributed by atoms with van der Waals surface area (Å²) >= 11 is 0. The van der Waals surface area contributed by atoms with E-state index in [1.807, 2.05) is 0 Å². The first-order valence-electron chi connectivity index (χ1n) is 13.3. The van der Waals surface area contributed by atoms with Crippen LogP contribution in [0, 0.1) is 11.8 Å². The molecule has 1 nitrogen and oxygen atoms in total. The molecule has 0 amide bonds. The molecular formula is C27H49N. The average molecular weight is 388 g/mol. The monoisotopic (exact) mass is 387 g/mol. The van der Waals surface area contributed by atoms with Gasteiger partial charge in [-0.15, -0.1) is 0 Å². The molecule has 3 unspecified atom stereocenters. The standard InChI is InChI=1S/C27H49N/c1-2-4-6-8-10-12-19-27-20-13-14-22-28(27)23-21-26-18-15-17-25(24-26)16-11-9-7-5-3-1/h3,5,25-27H,1-2,4,6-24H2. The Morgan fingerprint density at radius 3 is 1.86 bits per heavy atom. The highest BCUT2D eigenvalue weighted by atomic mass is 15.2. The van der Waals surface area contributed by atoms with Crippen LogP contribution in [0.4, 0.5) is 0 Å². The average Bonchev–Trinajstić information content (AvgIpc) is 2.73. The van der Waals surface area contributed by atoms with Crippen molar-refractivity contribution in [3.05, 3.63) is 12.2 Å². The minimum atomic E-state index is 0.924. The third-order valence-corrected chi connectivity index (χ3v) is 8.02. The van der Waals surface area contributed by atoms with Crippen LogP contribution in [0.25, 0.3) is 0 Å². The molecule has 3 atom stereocenters. The zero-order valence-corrected chi connectivity index (χ0v) is 18.9. The van der Waals surface area contributed by atoms with Gasteiger partial charge in [-0.05, 0) is 82.7 Å². The molecule has 1 heteroatoms. The molecule has 0 radical (unpaired) electrons. The van der Waals surface area contributed by atoms with E-state index in [9.17, 15) is 0 Å². The molecule has 2 aliphatic heterocycles. The molecule has 3 rings (SSSR count). The van der Waals surface area contributed by atoms with E-state index in [0.29, 0.717) is 0 Å². The van der Waals surface area contributed by atoms with Crippen LogP contribution in [0.1, 0.15) is 128 Å². The number of allylic oxidation sites excluding steroid dienone is 2. The molecule has 28 heavy (non-hydrogen) atoms. The van der Waals surface area contributed by atoms with Crippen LogP contribution in [-0.4, -0.2) is 24.0 Å². The minimum Gasteiger partial charge on any atom is -0.300 e. The second-order valence-electron chi connectivity index (χ2n) is 10.3. The molecule has 2 bridgehead atoms. The number of rotatable bonds is 0. The van der Waals surface area contributed by atoms with Crippen molar-refractivity contribution in [2.75, 3.05) is 13.1 Å². The van der Waals surface area contributed by atoms with E-state index in [1.54, 1.807) is 6.42 Å². The molecule has 0 aromatic heterocycles. The molecule has 0 N–H and O–H groups in total. The van der Waals surface area contributed by atoms with E-state index >= 15 is 0 Å². The second-order valence-corrected chi connectivity index (χ2v) is 10.3. The van der Waals surface area contributed by atoms with Crippen LogP contribution in [0.3, 0.4) is 0 Å². The van der Waals surface area contributed by atoms with Gasteiger partial charge in [-0.1, -0.05) is 82.8 Å². The third-order valence-electron chi connectivity index (χ3n) is 8.02. The SMILES string of the molecule is C1=CCCCCC2CCCC(CCN3CCCCC3CCCCCCCC1)C2. The maximum Gasteiger partial charge on any atom is 0.00952 e. The van der Waals surface area contributed by atoms with Crippen molar-refractivity contribution in [2.24, 2.45) is 11.8 Å². The van der Waals surface area contributed by atoms with E-state index in [0.717, 1.165) is 17.9 Å². The molecule has 1 saturated heterocycles. The first-order chi connectivity index (χ1) is 13.9. The molecule has 3 aliphatic rings. The fourth-order valence-electron chi connectivity index (χ4n) is 6.24. The van der Waals surface area contributed by atoms with E-state index in [2.05, 4.69) is 17.1 Å². The summed E-state index contributed by atoms with van der Waals surface area (Å²) in [5, 5.41) is 0. The van der Waals surface area contributed by atoms with Crippen molar-refractivity contribution >= 4 is 0 Å². The zero-order valence-electron chi connectivity index (χ0n) is 18.9. The van der Waals surface area contributed by atoms with Gasteiger partial charge in [-0.2, -0.15) is 0 Å². The van der Waals surface area contributed by atoms with Crippen LogP contribution in [-0.2, 0) is 0 Å². The van der Waals surface area contributed by atoms with Crippen molar-refractivity contribution < 1.29 is 0 Å². The molecule has 0 aromatic carbocycles. The third kappa shape index (κ3) is 8.60. The maximum atomic E-state index is 2.92. The summed E-state index contributed by atoms with van der Waals surface area (Å²) in [5.74, 6) is 2.09. The Labute approximate surface area is 176 Å². The fraction of sp³-hybridized carbons (Fsp3) is 0.926. The zero-order chi connectivity index (χ0) is 19.3. The van der Waals surface area contributed by atoms with Crippen molar-refractivity contribution in [3.63, 3.8) is 0 Å². The lowest BCUT2D eigenvalue weighted by Gasteiger charge is -2.38. The highest BCUT2D eigenvalue weighted by Gasteiger charge is 2.25. The van der Waals surface area contributed by atoms with E-state index < -0.39 is 0 Å². The predicted octanol–water partition coefficient (Wildman–Crippen LogP) is 8.29. The summed E-state index contributed by atoms with van der Waals surface area (Å²) in [6.07, 6.45) is 34.3. The Morgan fingerprint density at radius 2 is 1.04 bits per heavy atom. The molecule has 1 saturated carbocycles. The molecule has 0 spiro atoms. The lowest BCUT2D eigenvalue weighted by molar-refractivity contribution is 0.119. The Morgan fingerprint density at radius 1 is 0.464 bits per heavy atom. The van der Waals surface area contributed by atoms with Gasteiger partial charge < -0.3 is 4.90 Å². The normalized spacial score (nSPS) is 33.5. The van der Waals surface area contributed by atoms with Crippen molar-refractivity contribution in [3.8, 4) is 0 Å². The Bertz CT molecular complexity index is 414. The topological polar surface area (TPSA) is 3.24 Å². The highest BCUT2D eigenvalue weighted by Crippen LogP contribution is 2.35. The van der Waals surface area contributed by atoms with Crippen LogP contribution in [0.15, 0.2) is 12.2 Å². The molecule has 162 valence electrons. The molecule has 2 heterocycles. The fourth-order valence-corrected chi connectivity index (χ4v) is 6.24. The Hall–Kier alpha value is -0.300. The minimum absolute atomic E-state index is 0.924.